The number of hydrogen-bond acceptors (Lipinski definition) is 6. The molecular weight excluding hydrogens is 346 g/mol. The summed E-state index contributed by atoms with van der Waals surface area (Å²) in [6.45, 7) is 2.78. The molecule has 2 aromatic rings. The maximum atomic E-state index is 12.0. The van der Waals surface area contributed by atoms with E-state index in [2.05, 4.69) is 22.0 Å². The first-order valence-corrected chi connectivity index (χ1v) is 9.22. The van der Waals surface area contributed by atoms with E-state index >= 15 is 0 Å². The number of ether oxygens (including phenoxy) is 1. The summed E-state index contributed by atoms with van der Waals surface area (Å²) >= 11 is 0. The SMILES string of the molecule is CCCCCCNC(=O)[C@@H](N)Cc1ncc(-c2ccc(C(=O)OC)cc2)o1. The van der Waals surface area contributed by atoms with Gasteiger partial charge >= 0.3 is 5.97 Å². The van der Waals surface area contributed by atoms with Gasteiger partial charge in [0.15, 0.2) is 11.7 Å². The lowest BCUT2D eigenvalue weighted by Crippen LogP contribution is -2.42. The van der Waals surface area contributed by atoms with E-state index in [1.807, 2.05) is 0 Å². The highest BCUT2D eigenvalue weighted by molar-refractivity contribution is 5.89. The number of aromatic nitrogens is 1. The third-order valence-electron chi connectivity index (χ3n) is 4.20. The fourth-order valence-electron chi connectivity index (χ4n) is 2.60. The molecule has 1 atom stereocenters. The van der Waals surface area contributed by atoms with Crippen molar-refractivity contribution in [2.45, 2.75) is 45.1 Å². The number of rotatable bonds is 10. The molecule has 146 valence electrons. The van der Waals surface area contributed by atoms with Crippen LogP contribution >= 0.6 is 0 Å². The molecule has 1 amide bonds. The van der Waals surface area contributed by atoms with Gasteiger partial charge in [0.2, 0.25) is 5.91 Å². The van der Waals surface area contributed by atoms with E-state index in [-0.39, 0.29) is 12.3 Å². The van der Waals surface area contributed by atoms with Crippen LogP contribution in [0, 0.1) is 0 Å². The van der Waals surface area contributed by atoms with E-state index in [0.717, 1.165) is 24.8 Å². The van der Waals surface area contributed by atoms with Crippen molar-refractivity contribution >= 4 is 11.9 Å². The van der Waals surface area contributed by atoms with Crippen LogP contribution in [-0.2, 0) is 16.0 Å². The maximum absolute atomic E-state index is 12.0. The molecule has 0 saturated carbocycles. The Hall–Kier alpha value is -2.67. The monoisotopic (exact) mass is 373 g/mol. The van der Waals surface area contributed by atoms with Crippen LogP contribution in [0.2, 0.25) is 0 Å². The van der Waals surface area contributed by atoms with Crippen molar-refractivity contribution in [2.24, 2.45) is 5.73 Å². The lowest BCUT2D eigenvalue weighted by Gasteiger charge is -2.10. The van der Waals surface area contributed by atoms with Crippen LogP contribution in [0.4, 0.5) is 0 Å². The van der Waals surface area contributed by atoms with Crippen LogP contribution in [0.15, 0.2) is 34.9 Å². The molecule has 0 spiro atoms. The zero-order chi connectivity index (χ0) is 19.6. The quantitative estimate of drug-likeness (QED) is 0.490. The second-order valence-electron chi connectivity index (χ2n) is 6.35. The van der Waals surface area contributed by atoms with Crippen LogP contribution in [0.3, 0.4) is 0 Å². The third-order valence-corrected chi connectivity index (χ3v) is 4.20. The van der Waals surface area contributed by atoms with Gasteiger partial charge in [-0.3, -0.25) is 4.79 Å². The molecule has 2 rings (SSSR count). The molecule has 3 N–H and O–H groups in total. The van der Waals surface area contributed by atoms with Gasteiger partial charge in [-0.1, -0.05) is 38.3 Å². The lowest BCUT2D eigenvalue weighted by atomic mass is 10.1. The Kier molecular flexibility index (Phi) is 8.00. The van der Waals surface area contributed by atoms with Crippen molar-refractivity contribution in [2.75, 3.05) is 13.7 Å². The van der Waals surface area contributed by atoms with E-state index in [9.17, 15) is 9.59 Å². The first-order chi connectivity index (χ1) is 13.0. The number of benzene rings is 1. The van der Waals surface area contributed by atoms with E-state index in [1.165, 1.54) is 13.5 Å². The summed E-state index contributed by atoms with van der Waals surface area (Å²) in [6, 6.07) is 6.10. The van der Waals surface area contributed by atoms with E-state index < -0.39 is 12.0 Å². The summed E-state index contributed by atoms with van der Waals surface area (Å²) in [4.78, 5) is 27.7. The number of nitrogens with one attached hydrogen (secondary N) is 1. The van der Waals surface area contributed by atoms with Gasteiger partial charge in [-0.15, -0.1) is 0 Å². The van der Waals surface area contributed by atoms with Gasteiger partial charge in [-0.05, 0) is 18.6 Å². The van der Waals surface area contributed by atoms with Crippen LogP contribution in [-0.4, -0.2) is 36.6 Å². The van der Waals surface area contributed by atoms with Crippen molar-refractivity contribution < 1.29 is 18.7 Å². The molecule has 0 saturated heterocycles. The number of carbonyl (C=O) groups is 2. The zero-order valence-corrected chi connectivity index (χ0v) is 15.9. The Bertz CT molecular complexity index is 740. The van der Waals surface area contributed by atoms with Crippen molar-refractivity contribution in [1.82, 2.24) is 10.3 Å². The van der Waals surface area contributed by atoms with Crippen molar-refractivity contribution in [1.29, 1.82) is 0 Å². The molecule has 1 aromatic heterocycles. The van der Waals surface area contributed by atoms with Crippen LogP contribution < -0.4 is 11.1 Å². The van der Waals surface area contributed by atoms with Gasteiger partial charge in [0, 0.05) is 18.5 Å². The normalized spacial score (nSPS) is 11.8. The molecule has 0 bridgehead atoms. The molecule has 7 heteroatoms. The molecule has 0 radical (unpaired) electrons. The topological polar surface area (TPSA) is 107 Å². The Labute approximate surface area is 159 Å². The van der Waals surface area contributed by atoms with E-state index in [4.69, 9.17) is 10.2 Å². The highest BCUT2D eigenvalue weighted by Gasteiger charge is 2.17. The Morgan fingerprint density at radius 3 is 2.63 bits per heavy atom. The van der Waals surface area contributed by atoms with Gasteiger partial charge in [0.1, 0.15) is 0 Å². The first-order valence-electron chi connectivity index (χ1n) is 9.22. The fraction of sp³-hybridized carbons (Fsp3) is 0.450. The minimum absolute atomic E-state index is 0.200. The third kappa shape index (κ3) is 6.21. The summed E-state index contributed by atoms with van der Waals surface area (Å²) < 4.78 is 10.4. The number of unbranched alkanes of at least 4 members (excludes halogenated alkanes) is 3. The maximum Gasteiger partial charge on any atom is 0.337 e. The minimum atomic E-state index is -0.704. The number of carbonyl (C=O) groups excluding carboxylic acids is 2. The Morgan fingerprint density at radius 2 is 1.96 bits per heavy atom. The lowest BCUT2D eigenvalue weighted by molar-refractivity contribution is -0.122. The van der Waals surface area contributed by atoms with Crippen molar-refractivity contribution in [3.8, 4) is 11.3 Å². The van der Waals surface area contributed by atoms with Gasteiger partial charge in [0.25, 0.3) is 0 Å². The standard InChI is InChI=1S/C20H27N3O4/c1-3-4-5-6-11-22-19(24)16(21)12-18-23-13-17(27-18)14-7-9-15(10-8-14)20(25)26-2/h7-10,13,16H,3-6,11-12,21H2,1-2H3,(H,22,24)/t16-/m0/s1. The summed E-state index contributed by atoms with van der Waals surface area (Å²) in [5, 5.41) is 2.85. The second-order valence-corrected chi connectivity index (χ2v) is 6.35. The average Bonchev–Trinajstić information content (AvgIpc) is 3.15. The van der Waals surface area contributed by atoms with Gasteiger partial charge in [0.05, 0.1) is 24.9 Å². The molecule has 0 fully saturated rings. The zero-order valence-electron chi connectivity index (χ0n) is 15.9. The molecule has 0 aliphatic heterocycles. The smallest absolute Gasteiger partial charge is 0.337 e. The van der Waals surface area contributed by atoms with Gasteiger partial charge in [-0.2, -0.15) is 0 Å². The average molecular weight is 373 g/mol. The largest absolute Gasteiger partial charge is 0.465 e. The number of nitrogens with two attached hydrogens (primary N) is 1. The number of esters is 1. The summed E-state index contributed by atoms with van der Waals surface area (Å²) in [6.07, 6.45) is 6.19. The predicted molar refractivity (Wildman–Crippen MR) is 102 cm³/mol. The van der Waals surface area contributed by atoms with Crippen molar-refractivity contribution in [3.05, 3.63) is 41.9 Å². The van der Waals surface area contributed by atoms with Crippen LogP contribution in [0.1, 0.15) is 48.9 Å². The van der Waals surface area contributed by atoms with Gasteiger partial charge < -0.3 is 20.2 Å². The molecule has 1 aromatic carbocycles. The van der Waals surface area contributed by atoms with Crippen LogP contribution in [0.25, 0.3) is 11.3 Å². The highest BCUT2D eigenvalue weighted by atomic mass is 16.5. The predicted octanol–water partition coefficient (Wildman–Crippen LogP) is 2.69. The van der Waals surface area contributed by atoms with E-state index in [1.54, 1.807) is 30.5 Å². The molecule has 0 aliphatic rings. The molecule has 7 nitrogen and oxygen atoms in total. The summed E-state index contributed by atoms with van der Waals surface area (Å²) in [5.41, 5.74) is 7.17. The number of oxazole rings is 1. The minimum Gasteiger partial charge on any atom is -0.465 e. The molecular formula is C20H27N3O4. The summed E-state index contributed by atoms with van der Waals surface area (Å²) in [5.74, 6) is 0.351. The number of nitrogens with zero attached hydrogens (tertiary/aromatic N) is 1. The van der Waals surface area contributed by atoms with Gasteiger partial charge in [-0.25, -0.2) is 9.78 Å². The summed E-state index contributed by atoms with van der Waals surface area (Å²) in [7, 11) is 1.34. The number of amides is 1. The first kappa shape index (κ1) is 20.6. The Balaban J connectivity index is 1.87. The van der Waals surface area contributed by atoms with E-state index in [0.29, 0.717) is 23.8 Å². The fourth-order valence-corrected chi connectivity index (χ4v) is 2.60. The van der Waals surface area contributed by atoms with Crippen molar-refractivity contribution in [3.63, 3.8) is 0 Å². The number of methoxy groups -OCH3 is 1. The number of hydrogen-bond donors (Lipinski definition) is 2. The second kappa shape index (κ2) is 10.5. The van der Waals surface area contributed by atoms with Crippen LogP contribution in [0.5, 0.6) is 0 Å². The molecule has 27 heavy (non-hydrogen) atoms. The molecule has 0 aliphatic carbocycles. The highest BCUT2D eigenvalue weighted by Crippen LogP contribution is 2.21. The Morgan fingerprint density at radius 1 is 1.22 bits per heavy atom. The molecule has 0 unspecified atom stereocenters. The molecule has 1 heterocycles.